The second-order valence-corrected chi connectivity index (χ2v) is 7.11. The molecule has 0 saturated carbocycles. The van der Waals surface area contributed by atoms with Crippen molar-refractivity contribution in [3.05, 3.63) is 28.8 Å². The molecule has 6 nitrogen and oxygen atoms in total. The zero-order valence-electron chi connectivity index (χ0n) is 11.4. The minimum Gasteiger partial charge on any atom is -0.394 e. The number of ether oxygens (including phenoxy) is 1. The molecule has 0 bridgehead atoms. The normalized spacial score (nSPS) is 23.7. The van der Waals surface area contributed by atoms with E-state index in [0.29, 0.717) is 0 Å². The number of aliphatic hydroxyl groups is 1. The molecule has 1 fully saturated rings. The van der Waals surface area contributed by atoms with E-state index >= 15 is 0 Å². The van der Waals surface area contributed by atoms with Crippen LogP contribution in [-0.2, 0) is 14.8 Å². The molecule has 1 saturated heterocycles. The van der Waals surface area contributed by atoms with Crippen LogP contribution in [0, 0.1) is 11.3 Å². The standard InChI is InChI=1S/C13H15ClN2O4S/c1-9-8-20-11(7-17)6-16(9)21(18,19)12-3-2-10(5-15)13(14)4-12/h2-4,9,11,17H,6-8H2,1H3. The smallest absolute Gasteiger partial charge is 0.243 e. The SMILES string of the molecule is CC1COC(CO)CN1S(=O)(=O)c1ccc(C#N)c(Cl)c1. The molecular weight excluding hydrogens is 316 g/mol. The highest BCUT2D eigenvalue weighted by Crippen LogP contribution is 2.26. The molecule has 2 rings (SSSR count). The Balaban J connectivity index is 2.37. The van der Waals surface area contributed by atoms with Gasteiger partial charge in [-0.2, -0.15) is 9.57 Å². The van der Waals surface area contributed by atoms with Gasteiger partial charge in [-0.1, -0.05) is 11.6 Å². The third-order valence-electron chi connectivity index (χ3n) is 3.32. The van der Waals surface area contributed by atoms with Gasteiger partial charge in [0, 0.05) is 12.6 Å². The van der Waals surface area contributed by atoms with Gasteiger partial charge in [-0.05, 0) is 25.1 Å². The molecule has 1 heterocycles. The summed E-state index contributed by atoms with van der Waals surface area (Å²) in [5.41, 5.74) is 0.221. The summed E-state index contributed by atoms with van der Waals surface area (Å²) >= 11 is 5.90. The molecule has 0 aliphatic carbocycles. The average Bonchev–Trinajstić information content (AvgIpc) is 2.47. The summed E-state index contributed by atoms with van der Waals surface area (Å²) in [6.45, 7) is 1.79. The van der Waals surface area contributed by atoms with Crippen LogP contribution in [0.4, 0.5) is 0 Å². The van der Waals surface area contributed by atoms with Crippen LogP contribution >= 0.6 is 11.6 Å². The number of aliphatic hydroxyl groups excluding tert-OH is 1. The van der Waals surface area contributed by atoms with Gasteiger partial charge < -0.3 is 9.84 Å². The molecule has 114 valence electrons. The van der Waals surface area contributed by atoms with Crippen molar-refractivity contribution in [1.29, 1.82) is 5.26 Å². The van der Waals surface area contributed by atoms with Crippen molar-refractivity contribution < 1.29 is 18.3 Å². The van der Waals surface area contributed by atoms with E-state index in [2.05, 4.69) is 0 Å². The Morgan fingerprint density at radius 2 is 2.29 bits per heavy atom. The first kappa shape index (κ1) is 16.2. The van der Waals surface area contributed by atoms with Crippen LogP contribution in [0.25, 0.3) is 0 Å². The number of nitrogens with zero attached hydrogens (tertiary/aromatic N) is 2. The lowest BCUT2D eigenvalue weighted by molar-refractivity contribution is -0.0516. The maximum absolute atomic E-state index is 12.7. The maximum atomic E-state index is 12.7. The van der Waals surface area contributed by atoms with E-state index in [9.17, 15) is 8.42 Å². The van der Waals surface area contributed by atoms with Crippen molar-refractivity contribution in [1.82, 2.24) is 4.31 Å². The summed E-state index contributed by atoms with van der Waals surface area (Å²) in [6.07, 6.45) is -0.537. The lowest BCUT2D eigenvalue weighted by Crippen LogP contribution is -2.51. The Hall–Kier alpha value is -1.17. The van der Waals surface area contributed by atoms with Gasteiger partial charge in [0.05, 0.1) is 34.8 Å². The highest BCUT2D eigenvalue weighted by Gasteiger charge is 2.35. The van der Waals surface area contributed by atoms with Crippen LogP contribution in [0.3, 0.4) is 0 Å². The Labute approximate surface area is 128 Å². The van der Waals surface area contributed by atoms with E-state index in [1.807, 2.05) is 6.07 Å². The number of halogens is 1. The molecule has 0 spiro atoms. The topological polar surface area (TPSA) is 90.6 Å². The predicted molar refractivity (Wildman–Crippen MR) is 76.3 cm³/mol. The predicted octanol–water partition coefficient (Wildman–Crippen LogP) is 0.982. The molecule has 21 heavy (non-hydrogen) atoms. The quantitative estimate of drug-likeness (QED) is 0.892. The fourth-order valence-electron chi connectivity index (χ4n) is 2.12. The van der Waals surface area contributed by atoms with Crippen molar-refractivity contribution in [3.63, 3.8) is 0 Å². The summed E-state index contributed by atoms with van der Waals surface area (Å²) in [5, 5.41) is 18.1. The van der Waals surface area contributed by atoms with Gasteiger partial charge in [0.25, 0.3) is 0 Å². The highest BCUT2D eigenvalue weighted by atomic mass is 35.5. The summed E-state index contributed by atoms with van der Waals surface area (Å²) in [5.74, 6) is 0. The van der Waals surface area contributed by atoms with Gasteiger partial charge >= 0.3 is 0 Å². The van der Waals surface area contributed by atoms with E-state index < -0.39 is 16.1 Å². The first-order valence-corrected chi connectivity index (χ1v) is 8.16. The Bertz CT molecular complexity index is 671. The molecule has 0 amide bonds. The van der Waals surface area contributed by atoms with Crippen LogP contribution < -0.4 is 0 Å². The summed E-state index contributed by atoms with van der Waals surface area (Å²) < 4.78 is 31.9. The van der Waals surface area contributed by atoms with Crippen LogP contribution in [-0.4, -0.2) is 49.7 Å². The van der Waals surface area contributed by atoms with Gasteiger partial charge in [0.2, 0.25) is 10.0 Å². The molecule has 1 aromatic carbocycles. The number of nitriles is 1. The highest BCUT2D eigenvalue weighted by molar-refractivity contribution is 7.89. The van der Waals surface area contributed by atoms with Crippen LogP contribution in [0.5, 0.6) is 0 Å². The van der Waals surface area contributed by atoms with E-state index in [1.54, 1.807) is 6.92 Å². The van der Waals surface area contributed by atoms with Crippen molar-refractivity contribution in [2.75, 3.05) is 19.8 Å². The second-order valence-electron chi connectivity index (χ2n) is 4.82. The third-order valence-corrected chi connectivity index (χ3v) is 5.61. The average molecular weight is 331 g/mol. The van der Waals surface area contributed by atoms with Gasteiger partial charge in [0.15, 0.2) is 0 Å². The van der Waals surface area contributed by atoms with Crippen molar-refractivity contribution in [2.24, 2.45) is 0 Å². The number of benzene rings is 1. The third kappa shape index (κ3) is 3.20. The van der Waals surface area contributed by atoms with E-state index in [1.165, 1.54) is 22.5 Å². The lowest BCUT2D eigenvalue weighted by atomic mass is 10.2. The summed E-state index contributed by atoms with van der Waals surface area (Å²) in [7, 11) is -3.75. The lowest BCUT2D eigenvalue weighted by Gasteiger charge is -2.36. The zero-order valence-corrected chi connectivity index (χ0v) is 12.9. The molecular formula is C13H15ClN2O4S. The molecule has 1 aromatic rings. The van der Waals surface area contributed by atoms with Crippen LogP contribution in [0.15, 0.2) is 23.1 Å². The van der Waals surface area contributed by atoms with Crippen LogP contribution in [0.2, 0.25) is 5.02 Å². The largest absolute Gasteiger partial charge is 0.394 e. The number of hydrogen-bond acceptors (Lipinski definition) is 5. The number of morpholine rings is 1. The Morgan fingerprint density at radius 1 is 1.57 bits per heavy atom. The fourth-order valence-corrected chi connectivity index (χ4v) is 4.08. The first-order chi connectivity index (χ1) is 9.90. The number of rotatable bonds is 3. The first-order valence-electron chi connectivity index (χ1n) is 6.34. The monoisotopic (exact) mass is 330 g/mol. The molecule has 1 aliphatic heterocycles. The molecule has 2 unspecified atom stereocenters. The minimum atomic E-state index is -3.75. The fraction of sp³-hybridized carbons (Fsp3) is 0.462. The molecule has 1 aliphatic rings. The molecule has 0 aromatic heterocycles. The maximum Gasteiger partial charge on any atom is 0.243 e. The second kappa shape index (κ2) is 6.30. The van der Waals surface area contributed by atoms with Gasteiger partial charge in [-0.25, -0.2) is 8.42 Å². The Morgan fingerprint density at radius 3 is 2.86 bits per heavy atom. The van der Waals surface area contributed by atoms with Gasteiger partial charge in [0.1, 0.15) is 6.07 Å². The molecule has 8 heteroatoms. The zero-order chi connectivity index (χ0) is 15.6. The summed E-state index contributed by atoms with van der Waals surface area (Å²) in [6, 6.07) is 5.55. The van der Waals surface area contributed by atoms with Gasteiger partial charge in [-0.15, -0.1) is 0 Å². The van der Waals surface area contributed by atoms with Crippen LogP contribution in [0.1, 0.15) is 12.5 Å². The molecule has 2 atom stereocenters. The van der Waals surface area contributed by atoms with Crippen molar-refractivity contribution in [3.8, 4) is 6.07 Å². The van der Waals surface area contributed by atoms with E-state index in [4.69, 9.17) is 26.7 Å². The van der Waals surface area contributed by atoms with E-state index in [0.717, 1.165) is 0 Å². The summed E-state index contributed by atoms with van der Waals surface area (Å²) in [4.78, 5) is 0.0249. The number of hydrogen-bond donors (Lipinski definition) is 1. The number of sulfonamides is 1. The molecule has 0 radical (unpaired) electrons. The van der Waals surface area contributed by atoms with E-state index in [-0.39, 0.29) is 41.3 Å². The minimum absolute atomic E-state index is 0.0249. The molecule has 1 N–H and O–H groups in total. The Kier molecular flexibility index (Phi) is 4.86. The van der Waals surface area contributed by atoms with Crippen molar-refractivity contribution >= 4 is 21.6 Å². The van der Waals surface area contributed by atoms with Crippen molar-refractivity contribution in [2.45, 2.75) is 24.0 Å². The van der Waals surface area contributed by atoms with Gasteiger partial charge in [-0.3, -0.25) is 0 Å².